The van der Waals surface area contributed by atoms with Crippen molar-refractivity contribution >= 4 is 28.5 Å². The van der Waals surface area contributed by atoms with Gasteiger partial charge in [-0.1, -0.05) is 54.1 Å². The maximum absolute atomic E-state index is 11.7. The van der Waals surface area contributed by atoms with E-state index in [2.05, 4.69) is 22.4 Å². The summed E-state index contributed by atoms with van der Waals surface area (Å²) >= 11 is 6.66. The molecule has 0 amide bonds. The lowest BCUT2D eigenvalue weighted by atomic mass is 9.99. The van der Waals surface area contributed by atoms with Crippen LogP contribution in [0.1, 0.15) is 34.7 Å². The molecule has 2 aromatic heterocycles. The highest BCUT2D eigenvalue weighted by molar-refractivity contribution is 6.32. The van der Waals surface area contributed by atoms with Crippen molar-refractivity contribution in [1.82, 2.24) is 15.3 Å². The second-order valence-electron chi connectivity index (χ2n) is 10.8. The number of halogens is 1. The highest BCUT2D eigenvalue weighted by atomic mass is 35.5. The van der Waals surface area contributed by atoms with Crippen molar-refractivity contribution < 1.29 is 24.5 Å². The number of fused-ring (bicyclic) bond motifs is 1. The molecule has 5 aromatic rings. The number of aromatic nitrogens is 2. The number of para-hydroxylation sites is 1. The number of nitrogens with one attached hydrogen (secondary N) is 1. The number of aliphatic hydroxyl groups excluding tert-OH is 1. The Labute approximate surface area is 265 Å². The summed E-state index contributed by atoms with van der Waals surface area (Å²) in [6, 6.07) is 25.1. The largest absolute Gasteiger partial charge is 0.488 e. The van der Waals surface area contributed by atoms with E-state index >= 15 is 0 Å². The first-order valence-electron chi connectivity index (χ1n) is 14.2. The standard InChI is InChI=1S/C35H31ClN4O5/c1-22-26(7-5-8-28(22)31-11-10-25-6-3-4-9-30(25)40-31)20-45-33-14-32(44-19-24-12-23(15-37)16-38-17-24)27(13-29(33)36)18-39-35(2,21-41)34(42)43/h3-14,16-17,39,41H,18-21H2,1-2H3,(H,42,43)/t35-/m1/s1. The van der Waals surface area contributed by atoms with Gasteiger partial charge in [-0.25, -0.2) is 4.98 Å². The molecule has 1 atom stereocenters. The van der Waals surface area contributed by atoms with Gasteiger partial charge in [0.05, 0.1) is 28.4 Å². The van der Waals surface area contributed by atoms with Gasteiger partial charge in [-0.2, -0.15) is 5.26 Å². The lowest BCUT2D eigenvalue weighted by Gasteiger charge is -2.25. The Morgan fingerprint density at radius 2 is 1.80 bits per heavy atom. The normalized spacial score (nSPS) is 12.3. The van der Waals surface area contributed by atoms with Crippen LogP contribution in [0.15, 0.2) is 85.2 Å². The number of nitriles is 1. The van der Waals surface area contributed by atoms with Crippen molar-refractivity contribution in [3.63, 3.8) is 0 Å². The molecule has 0 fully saturated rings. The summed E-state index contributed by atoms with van der Waals surface area (Å²) in [7, 11) is 0. The van der Waals surface area contributed by atoms with Crippen LogP contribution in [0, 0.1) is 18.3 Å². The van der Waals surface area contributed by atoms with E-state index in [1.807, 2.05) is 55.5 Å². The molecule has 0 aliphatic rings. The lowest BCUT2D eigenvalue weighted by molar-refractivity contribution is -0.145. The van der Waals surface area contributed by atoms with Gasteiger partial charge in [-0.15, -0.1) is 0 Å². The van der Waals surface area contributed by atoms with Gasteiger partial charge in [0, 0.05) is 47.1 Å². The van der Waals surface area contributed by atoms with Crippen LogP contribution in [-0.2, 0) is 24.6 Å². The van der Waals surface area contributed by atoms with Gasteiger partial charge in [-0.05, 0) is 49.2 Å². The quantitative estimate of drug-likeness (QED) is 0.148. The van der Waals surface area contributed by atoms with Crippen LogP contribution in [-0.4, -0.2) is 38.3 Å². The molecule has 0 unspecified atom stereocenters. The van der Waals surface area contributed by atoms with Gasteiger partial charge in [0.2, 0.25) is 0 Å². The van der Waals surface area contributed by atoms with Gasteiger partial charge in [-0.3, -0.25) is 15.1 Å². The van der Waals surface area contributed by atoms with Crippen molar-refractivity contribution in [3.8, 4) is 28.8 Å². The Kier molecular flexibility index (Phi) is 9.59. The predicted molar refractivity (Wildman–Crippen MR) is 171 cm³/mol. The second-order valence-corrected chi connectivity index (χ2v) is 11.2. The monoisotopic (exact) mass is 622 g/mol. The third-order valence-corrected chi connectivity index (χ3v) is 7.89. The molecular weight excluding hydrogens is 592 g/mol. The number of nitrogens with zero attached hydrogens (tertiary/aromatic N) is 3. The zero-order chi connectivity index (χ0) is 32.0. The van der Waals surface area contributed by atoms with E-state index in [0.29, 0.717) is 33.2 Å². The van der Waals surface area contributed by atoms with E-state index in [1.165, 1.54) is 13.1 Å². The Hall–Kier alpha value is -5.01. The summed E-state index contributed by atoms with van der Waals surface area (Å²) in [6.45, 7) is 3.15. The SMILES string of the molecule is Cc1c(COc2cc(OCc3cncc(C#N)c3)c(CN[C@](C)(CO)C(=O)O)cc2Cl)cccc1-c1ccc2ccccc2n1. The molecule has 228 valence electrons. The highest BCUT2D eigenvalue weighted by Gasteiger charge is 2.32. The van der Waals surface area contributed by atoms with Crippen LogP contribution < -0.4 is 14.8 Å². The van der Waals surface area contributed by atoms with Crippen LogP contribution >= 0.6 is 11.6 Å². The topological polar surface area (TPSA) is 138 Å². The number of rotatable bonds is 12. The molecule has 0 aliphatic heterocycles. The maximum Gasteiger partial charge on any atom is 0.326 e. The van der Waals surface area contributed by atoms with Crippen LogP contribution in [0.4, 0.5) is 0 Å². The Balaban J connectivity index is 1.40. The van der Waals surface area contributed by atoms with E-state index in [4.69, 9.17) is 26.1 Å². The van der Waals surface area contributed by atoms with E-state index in [-0.39, 0.29) is 19.8 Å². The molecule has 0 saturated carbocycles. The number of benzene rings is 3. The predicted octanol–water partition coefficient (Wildman–Crippen LogP) is 6.21. The molecule has 0 radical (unpaired) electrons. The first kappa shape index (κ1) is 31.4. The fraction of sp³-hybridized carbons (Fsp3) is 0.200. The Bertz CT molecular complexity index is 1910. The van der Waals surface area contributed by atoms with Gasteiger partial charge in [0.25, 0.3) is 0 Å². The number of aliphatic hydroxyl groups is 1. The first-order valence-corrected chi connectivity index (χ1v) is 14.5. The van der Waals surface area contributed by atoms with Crippen molar-refractivity contribution in [1.29, 1.82) is 5.26 Å². The van der Waals surface area contributed by atoms with E-state index in [0.717, 1.165) is 33.3 Å². The third-order valence-electron chi connectivity index (χ3n) is 7.59. The second kappa shape index (κ2) is 13.7. The zero-order valence-electron chi connectivity index (χ0n) is 24.8. The highest BCUT2D eigenvalue weighted by Crippen LogP contribution is 2.35. The molecule has 3 aromatic carbocycles. The Morgan fingerprint density at radius 3 is 2.58 bits per heavy atom. The molecule has 9 nitrogen and oxygen atoms in total. The van der Waals surface area contributed by atoms with Crippen molar-refractivity contribution in [3.05, 3.63) is 118 Å². The summed E-state index contributed by atoms with van der Waals surface area (Å²) in [5, 5.41) is 32.7. The fourth-order valence-corrected chi connectivity index (χ4v) is 4.97. The molecule has 0 bridgehead atoms. The molecule has 2 heterocycles. The zero-order valence-corrected chi connectivity index (χ0v) is 25.5. The van der Waals surface area contributed by atoms with Crippen molar-refractivity contribution in [2.24, 2.45) is 0 Å². The van der Waals surface area contributed by atoms with E-state index in [9.17, 15) is 20.3 Å². The number of carboxylic acid groups (broad SMARTS) is 1. The average molecular weight is 623 g/mol. The minimum absolute atomic E-state index is 0.0368. The summed E-state index contributed by atoms with van der Waals surface area (Å²) in [4.78, 5) is 20.7. The number of pyridine rings is 2. The summed E-state index contributed by atoms with van der Waals surface area (Å²) in [5.41, 5.74) is 4.80. The van der Waals surface area contributed by atoms with Crippen molar-refractivity contribution in [2.75, 3.05) is 6.61 Å². The van der Waals surface area contributed by atoms with Gasteiger partial charge in [0.15, 0.2) is 0 Å². The van der Waals surface area contributed by atoms with Crippen LogP contribution in [0.2, 0.25) is 5.02 Å². The molecule has 5 rings (SSSR count). The smallest absolute Gasteiger partial charge is 0.326 e. The first-order chi connectivity index (χ1) is 21.7. The van der Waals surface area contributed by atoms with Gasteiger partial charge >= 0.3 is 5.97 Å². The van der Waals surface area contributed by atoms with Crippen molar-refractivity contribution in [2.45, 2.75) is 39.1 Å². The molecule has 0 saturated heterocycles. The van der Waals surface area contributed by atoms with Gasteiger partial charge in [0.1, 0.15) is 36.3 Å². The number of aliphatic carboxylic acids is 1. The Morgan fingerprint density at radius 1 is 1.00 bits per heavy atom. The summed E-state index contributed by atoms with van der Waals surface area (Å²) in [6.07, 6.45) is 3.06. The molecule has 45 heavy (non-hydrogen) atoms. The van der Waals surface area contributed by atoms with E-state index in [1.54, 1.807) is 24.4 Å². The summed E-state index contributed by atoms with van der Waals surface area (Å²) in [5.74, 6) is -0.439. The molecule has 10 heteroatoms. The number of hydrogen-bond acceptors (Lipinski definition) is 8. The minimum atomic E-state index is -1.58. The molecular formula is C35H31ClN4O5. The fourth-order valence-electron chi connectivity index (χ4n) is 4.73. The number of carboxylic acids is 1. The van der Waals surface area contributed by atoms with Gasteiger partial charge < -0.3 is 19.7 Å². The maximum atomic E-state index is 11.7. The molecule has 3 N–H and O–H groups in total. The average Bonchev–Trinajstić information content (AvgIpc) is 3.06. The van der Waals surface area contributed by atoms with Crippen LogP contribution in [0.25, 0.3) is 22.2 Å². The third kappa shape index (κ3) is 7.21. The molecule has 0 aliphatic carbocycles. The van der Waals surface area contributed by atoms with E-state index < -0.39 is 18.1 Å². The summed E-state index contributed by atoms with van der Waals surface area (Å²) < 4.78 is 12.3. The minimum Gasteiger partial charge on any atom is -0.488 e. The number of hydrogen-bond donors (Lipinski definition) is 3. The molecule has 0 spiro atoms. The van der Waals surface area contributed by atoms with Crippen LogP contribution in [0.3, 0.4) is 0 Å². The van der Waals surface area contributed by atoms with Crippen LogP contribution in [0.5, 0.6) is 11.5 Å². The number of ether oxygens (including phenoxy) is 2. The number of carbonyl (C=O) groups is 1. The lowest BCUT2D eigenvalue weighted by Crippen LogP contribution is -2.52.